The van der Waals surface area contributed by atoms with Crippen molar-refractivity contribution < 1.29 is 19.0 Å². The van der Waals surface area contributed by atoms with Crippen LogP contribution in [0.4, 0.5) is 11.4 Å². The van der Waals surface area contributed by atoms with Crippen molar-refractivity contribution in [3.05, 3.63) is 54.1 Å². The number of nitrogens with one attached hydrogen (secondary N) is 1. The van der Waals surface area contributed by atoms with Crippen LogP contribution in [0.15, 0.2) is 48.5 Å². The van der Waals surface area contributed by atoms with Gasteiger partial charge in [0.25, 0.3) is 5.91 Å². The van der Waals surface area contributed by atoms with Crippen LogP contribution in [0.3, 0.4) is 0 Å². The number of benzene rings is 2. The van der Waals surface area contributed by atoms with Crippen molar-refractivity contribution in [2.45, 2.75) is 12.5 Å². The molecular formula is C21H26N2O4. The summed E-state index contributed by atoms with van der Waals surface area (Å²) >= 11 is 0. The fourth-order valence-corrected chi connectivity index (χ4v) is 3.06. The van der Waals surface area contributed by atoms with E-state index in [-0.39, 0.29) is 5.91 Å². The van der Waals surface area contributed by atoms with Crippen molar-refractivity contribution in [2.24, 2.45) is 0 Å². The Morgan fingerprint density at radius 3 is 2.44 bits per heavy atom. The number of carbonyl (C=O) groups excluding carboxylic acids is 1. The van der Waals surface area contributed by atoms with Crippen LogP contribution in [-0.2, 0) is 9.47 Å². The normalized spacial score (nSPS) is 16.4. The van der Waals surface area contributed by atoms with E-state index in [0.717, 1.165) is 30.9 Å². The van der Waals surface area contributed by atoms with Crippen LogP contribution in [0.2, 0.25) is 0 Å². The zero-order chi connectivity index (χ0) is 19.1. The predicted octanol–water partition coefficient (Wildman–Crippen LogP) is 3.19. The van der Waals surface area contributed by atoms with E-state index in [2.05, 4.69) is 10.2 Å². The Bertz CT molecular complexity index is 731. The van der Waals surface area contributed by atoms with Crippen molar-refractivity contribution in [3.8, 4) is 5.75 Å². The molecule has 2 aromatic rings. The number of anilines is 2. The first-order chi connectivity index (χ1) is 13.2. The van der Waals surface area contributed by atoms with Crippen LogP contribution in [-0.4, -0.2) is 52.5 Å². The van der Waals surface area contributed by atoms with Crippen LogP contribution in [0.1, 0.15) is 16.8 Å². The van der Waals surface area contributed by atoms with Gasteiger partial charge in [-0.2, -0.15) is 0 Å². The number of hydrogen-bond donors (Lipinski definition) is 1. The van der Waals surface area contributed by atoms with E-state index in [9.17, 15) is 4.79 Å². The minimum absolute atomic E-state index is 0.146. The molecule has 6 nitrogen and oxygen atoms in total. The summed E-state index contributed by atoms with van der Waals surface area (Å²) in [5.41, 5.74) is 2.50. The third kappa shape index (κ3) is 5.21. The summed E-state index contributed by atoms with van der Waals surface area (Å²) in [5.74, 6) is 0.569. The fourth-order valence-electron chi connectivity index (χ4n) is 3.06. The lowest BCUT2D eigenvalue weighted by Crippen LogP contribution is -2.22. The van der Waals surface area contributed by atoms with E-state index in [0.29, 0.717) is 30.6 Å². The molecule has 144 valence electrons. The molecule has 1 N–H and O–H groups in total. The van der Waals surface area contributed by atoms with Gasteiger partial charge in [0, 0.05) is 44.2 Å². The Morgan fingerprint density at radius 1 is 1.07 bits per heavy atom. The average molecular weight is 370 g/mol. The molecule has 0 saturated carbocycles. The first-order valence-corrected chi connectivity index (χ1v) is 9.10. The summed E-state index contributed by atoms with van der Waals surface area (Å²) in [6.07, 6.45) is 1.34. The molecule has 0 spiro atoms. The largest absolute Gasteiger partial charge is 0.491 e. The van der Waals surface area contributed by atoms with E-state index in [1.165, 1.54) is 0 Å². The van der Waals surface area contributed by atoms with Gasteiger partial charge in [-0.1, -0.05) is 0 Å². The Morgan fingerprint density at radius 2 is 1.81 bits per heavy atom. The van der Waals surface area contributed by atoms with Gasteiger partial charge in [-0.15, -0.1) is 0 Å². The highest BCUT2D eigenvalue weighted by molar-refractivity contribution is 6.04. The maximum absolute atomic E-state index is 12.4. The molecule has 1 aliphatic heterocycles. The summed E-state index contributed by atoms with van der Waals surface area (Å²) in [7, 11) is 3.38. The second-order valence-electron chi connectivity index (χ2n) is 6.46. The average Bonchev–Trinajstić information content (AvgIpc) is 3.18. The molecule has 0 aromatic heterocycles. The zero-order valence-electron chi connectivity index (χ0n) is 15.8. The number of carbonyl (C=O) groups is 1. The lowest BCUT2D eigenvalue weighted by atomic mass is 10.2. The van der Waals surface area contributed by atoms with Gasteiger partial charge in [-0.3, -0.25) is 4.79 Å². The van der Waals surface area contributed by atoms with E-state index >= 15 is 0 Å². The number of amides is 1. The molecule has 0 aliphatic carbocycles. The van der Waals surface area contributed by atoms with Crippen molar-refractivity contribution in [1.82, 2.24) is 0 Å². The molecule has 0 radical (unpaired) electrons. The van der Waals surface area contributed by atoms with Gasteiger partial charge in [0.15, 0.2) is 0 Å². The van der Waals surface area contributed by atoms with Crippen molar-refractivity contribution >= 4 is 17.3 Å². The first kappa shape index (κ1) is 19.2. The molecule has 0 bridgehead atoms. The molecule has 1 saturated heterocycles. The number of nitrogens with zero attached hydrogens (tertiary/aromatic N) is 1. The highest BCUT2D eigenvalue weighted by Gasteiger charge is 2.22. The van der Waals surface area contributed by atoms with Crippen molar-refractivity contribution in [1.29, 1.82) is 0 Å². The highest BCUT2D eigenvalue weighted by Crippen LogP contribution is 2.23. The Balaban J connectivity index is 1.54. The number of hydrogen-bond acceptors (Lipinski definition) is 5. The third-order valence-electron chi connectivity index (χ3n) is 4.64. The second kappa shape index (κ2) is 9.39. The number of methoxy groups -OCH3 is 2. The number of rotatable bonds is 8. The van der Waals surface area contributed by atoms with Crippen LogP contribution in [0.25, 0.3) is 0 Å². The summed E-state index contributed by atoms with van der Waals surface area (Å²) in [5, 5.41) is 2.92. The maximum atomic E-state index is 12.4. The summed E-state index contributed by atoms with van der Waals surface area (Å²) in [4.78, 5) is 14.7. The lowest BCUT2D eigenvalue weighted by Gasteiger charge is -2.18. The first-order valence-electron chi connectivity index (χ1n) is 9.10. The molecule has 1 atom stereocenters. The molecule has 1 fully saturated rings. The van der Waals surface area contributed by atoms with Gasteiger partial charge in [0.1, 0.15) is 12.4 Å². The molecule has 6 heteroatoms. The van der Waals surface area contributed by atoms with E-state index in [1.54, 1.807) is 38.5 Å². The van der Waals surface area contributed by atoms with Crippen LogP contribution < -0.4 is 15.0 Å². The molecule has 27 heavy (non-hydrogen) atoms. The van der Waals surface area contributed by atoms with Crippen molar-refractivity contribution in [2.75, 3.05) is 50.7 Å². The molecule has 1 amide bonds. The fraction of sp³-hybridized carbons (Fsp3) is 0.381. The molecule has 2 aromatic carbocycles. The quantitative estimate of drug-likeness (QED) is 0.723. The van der Waals surface area contributed by atoms with Gasteiger partial charge in [-0.25, -0.2) is 0 Å². The van der Waals surface area contributed by atoms with Gasteiger partial charge < -0.3 is 24.4 Å². The maximum Gasteiger partial charge on any atom is 0.255 e. The molecule has 1 aliphatic rings. The molecule has 1 heterocycles. The second-order valence-corrected chi connectivity index (χ2v) is 6.46. The van der Waals surface area contributed by atoms with Gasteiger partial charge >= 0.3 is 0 Å². The SMILES string of the molecule is COCCOc1ccc(C(=O)Nc2ccc(N3CCC(OC)C3)cc2)cc1. The number of ether oxygens (including phenoxy) is 3. The Hall–Kier alpha value is -2.57. The minimum Gasteiger partial charge on any atom is -0.491 e. The predicted molar refractivity (Wildman–Crippen MR) is 106 cm³/mol. The minimum atomic E-state index is -0.146. The molecular weight excluding hydrogens is 344 g/mol. The molecule has 3 rings (SSSR count). The van der Waals surface area contributed by atoms with Crippen LogP contribution in [0.5, 0.6) is 5.75 Å². The van der Waals surface area contributed by atoms with Gasteiger partial charge in [0.05, 0.1) is 12.7 Å². The highest BCUT2D eigenvalue weighted by atomic mass is 16.5. The lowest BCUT2D eigenvalue weighted by molar-refractivity contribution is 0.102. The topological polar surface area (TPSA) is 60.0 Å². The van der Waals surface area contributed by atoms with Crippen LogP contribution in [0, 0.1) is 0 Å². The smallest absolute Gasteiger partial charge is 0.255 e. The summed E-state index contributed by atoms with van der Waals surface area (Å²) in [6.45, 7) is 2.91. The Kier molecular flexibility index (Phi) is 6.68. The van der Waals surface area contributed by atoms with Gasteiger partial charge in [0.2, 0.25) is 0 Å². The van der Waals surface area contributed by atoms with Gasteiger partial charge in [-0.05, 0) is 55.0 Å². The Labute approximate surface area is 160 Å². The van der Waals surface area contributed by atoms with E-state index < -0.39 is 0 Å². The zero-order valence-corrected chi connectivity index (χ0v) is 15.8. The summed E-state index contributed by atoms with van der Waals surface area (Å²) in [6, 6.07) is 15.0. The van der Waals surface area contributed by atoms with Crippen molar-refractivity contribution in [3.63, 3.8) is 0 Å². The van der Waals surface area contributed by atoms with E-state index in [1.807, 2.05) is 24.3 Å². The molecule has 1 unspecified atom stereocenters. The van der Waals surface area contributed by atoms with E-state index in [4.69, 9.17) is 14.2 Å². The standard InChI is InChI=1S/C21H26N2O4/c1-25-13-14-27-19-9-3-16(4-10-19)21(24)22-17-5-7-18(8-6-17)23-12-11-20(15-23)26-2/h3-10,20H,11-15H2,1-2H3,(H,22,24). The monoisotopic (exact) mass is 370 g/mol. The third-order valence-corrected chi connectivity index (χ3v) is 4.64. The summed E-state index contributed by atoms with van der Waals surface area (Å²) < 4.78 is 15.9. The van der Waals surface area contributed by atoms with Crippen LogP contribution >= 0.6 is 0 Å².